The third-order valence-corrected chi connectivity index (χ3v) is 9.39. The van der Waals surface area contributed by atoms with E-state index in [2.05, 4.69) is 10.2 Å². The fraction of sp³-hybridized carbons (Fsp3) is 0.583. The first-order valence-electron chi connectivity index (χ1n) is 16.4. The molecular weight excluding hydrogens is 616 g/mol. The fourth-order valence-corrected chi connectivity index (χ4v) is 5.91. The van der Waals surface area contributed by atoms with Crippen LogP contribution in [0.25, 0.3) is 0 Å². The monoisotopic (exact) mass is 670 g/mol. The summed E-state index contributed by atoms with van der Waals surface area (Å²) < 4.78 is 2.92. The summed E-state index contributed by atoms with van der Waals surface area (Å²) in [4.78, 5) is 55.0. The van der Waals surface area contributed by atoms with Crippen LogP contribution in [0.2, 0.25) is 0 Å². The van der Waals surface area contributed by atoms with E-state index in [4.69, 9.17) is 5.11 Å². The minimum Gasteiger partial charge on any atom is -0.512 e. The number of fused-ring (bicyclic) bond motifs is 2. The van der Waals surface area contributed by atoms with E-state index in [1.54, 1.807) is 48.0 Å². The molecule has 1 fully saturated rings. The molecule has 0 radical (unpaired) electrons. The standard InChI is InChI=1S/C9H12O2.C9H14O2.C7H10O2.C6H10N2O.C5H8N2O/c1-5-8(10)6-2-3-7(4-6)9(5)11;1-6-7(10)4-9(2,3)5-8(6)11;1-5-6(8)3-2-4-7(5)9;1-4-5(2)7-8(3)6(4)9;1-4-3-6-7(2)5(4)8/h6-7,10H,2-4H2,1H3;10H,4-5H2,1-3H3;8H,2-4H2,1H3;7H,1-3H3;3,6H,1-2H3. The Bertz CT molecular complexity index is 1700. The number of H-pyrrole nitrogens is 2. The summed E-state index contributed by atoms with van der Waals surface area (Å²) in [5.41, 5.74) is 4.28. The van der Waals surface area contributed by atoms with Gasteiger partial charge in [0.05, 0.1) is 11.5 Å². The van der Waals surface area contributed by atoms with Crippen molar-refractivity contribution >= 4 is 17.3 Å². The van der Waals surface area contributed by atoms with Gasteiger partial charge in [-0.1, -0.05) is 13.8 Å². The number of Topliss-reactive ketones (excluding diaryl/α,β-unsaturated/α-hetero) is 3. The molecule has 4 aliphatic rings. The number of allylic oxidation sites excluding steroid dienone is 6. The highest BCUT2D eigenvalue weighted by Crippen LogP contribution is 2.42. The zero-order valence-corrected chi connectivity index (χ0v) is 30.2. The molecule has 48 heavy (non-hydrogen) atoms. The summed E-state index contributed by atoms with van der Waals surface area (Å²) in [5.74, 6) is 1.81. The van der Waals surface area contributed by atoms with Gasteiger partial charge in [-0.05, 0) is 72.6 Å². The number of aromatic nitrogens is 4. The number of aromatic amines is 2. The lowest BCUT2D eigenvalue weighted by molar-refractivity contribution is -0.120. The maximum atomic E-state index is 11.4. The van der Waals surface area contributed by atoms with Gasteiger partial charge in [0, 0.05) is 91.4 Å². The quantitative estimate of drug-likeness (QED) is 0.227. The lowest BCUT2D eigenvalue weighted by Crippen LogP contribution is -2.24. The second-order valence-corrected chi connectivity index (χ2v) is 14.0. The molecule has 2 aromatic heterocycles. The van der Waals surface area contributed by atoms with Crippen LogP contribution in [-0.4, -0.2) is 52.2 Å². The topological polar surface area (TPSA) is 187 Å². The van der Waals surface area contributed by atoms with E-state index >= 15 is 0 Å². The van der Waals surface area contributed by atoms with Crippen LogP contribution in [0.5, 0.6) is 0 Å². The Kier molecular flexibility index (Phi) is 13.8. The molecule has 266 valence electrons. The summed E-state index contributed by atoms with van der Waals surface area (Å²) in [6.07, 6.45) is 7.83. The zero-order chi connectivity index (χ0) is 36.7. The first-order valence-corrected chi connectivity index (χ1v) is 16.4. The molecular formula is C36H54N4O8. The molecule has 0 saturated heterocycles. The van der Waals surface area contributed by atoms with Gasteiger partial charge < -0.3 is 20.4 Å². The Morgan fingerprint density at radius 2 is 1.31 bits per heavy atom. The normalized spacial score (nSPS) is 21.3. The number of nitrogens with one attached hydrogen (secondary N) is 2. The van der Waals surface area contributed by atoms with Crippen LogP contribution in [0.1, 0.15) is 103 Å². The summed E-state index contributed by atoms with van der Waals surface area (Å²) in [7, 11) is 3.40. The van der Waals surface area contributed by atoms with E-state index in [0.717, 1.165) is 42.5 Å². The second kappa shape index (κ2) is 16.7. The molecule has 2 atom stereocenters. The van der Waals surface area contributed by atoms with Crippen LogP contribution in [0.4, 0.5) is 0 Å². The van der Waals surface area contributed by atoms with Gasteiger partial charge in [0.2, 0.25) is 0 Å². The van der Waals surface area contributed by atoms with Gasteiger partial charge in [-0.15, -0.1) is 0 Å². The van der Waals surface area contributed by atoms with Gasteiger partial charge in [-0.3, -0.25) is 38.4 Å². The smallest absolute Gasteiger partial charge is 0.269 e. The van der Waals surface area contributed by atoms with Crippen molar-refractivity contribution in [2.45, 2.75) is 107 Å². The molecule has 0 amide bonds. The second-order valence-electron chi connectivity index (χ2n) is 14.0. The first kappa shape index (κ1) is 39.8. The predicted octanol–water partition coefficient (Wildman–Crippen LogP) is 5.95. The number of nitrogens with zero attached hydrogens (tertiary/aromatic N) is 2. The maximum Gasteiger partial charge on any atom is 0.269 e. The molecule has 2 aromatic rings. The number of carbonyl (C=O) groups excluding carboxylic acids is 3. The Balaban J connectivity index is 0.000000210. The minimum atomic E-state index is -0.0549. The van der Waals surface area contributed by atoms with Crippen molar-refractivity contribution in [3.8, 4) is 0 Å². The van der Waals surface area contributed by atoms with Gasteiger partial charge in [0.25, 0.3) is 11.1 Å². The van der Waals surface area contributed by atoms with Crippen molar-refractivity contribution in [3.63, 3.8) is 0 Å². The Morgan fingerprint density at radius 1 is 0.729 bits per heavy atom. The average Bonchev–Trinajstić information content (AvgIpc) is 3.67. The van der Waals surface area contributed by atoms with Gasteiger partial charge in [-0.25, -0.2) is 0 Å². The van der Waals surface area contributed by atoms with Crippen LogP contribution in [-0.2, 0) is 28.5 Å². The molecule has 2 unspecified atom stereocenters. The van der Waals surface area contributed by atoms with E-state index in [9.17, 15) is 34.2 Å². The number of hydrogen-bond acceptors (Lipinski definition) is 8. The molecule has 12 heteroatoms. The number of ketones is 3. The molecule has 4 aliphatic carbocycles. The Labute approximate surface area is 282 Å². The summed E-state index contributed by atoms with van der Waals surface area (Å²) >= 11 is 0. The summed E-state index contributed by atoms with van der Waals surface area (Å²) in [6.45, 7) is 14.6. The van der Waals surface area contributed by atoms with Gasteiger partial charge in [0.15, 0.2) is 17.3 Å². The van der Waals surface area contributed by atoms with E-state index in [1.807, 2.05) is 27.7 Å². The number of carbonyl (C=O) groups is 3. The lowest BCUT2D eigenvalue weighted by atomic mass is 9.77. The van der Waals surface area contributed by atoms with Gasteiger partial charge in [-0.2, -0.15) is 0 Å². The van der Waals surface area contributed by atoms with Crippen molar-refractivity contribution in [1.29, 1.82) is 0 Å². The number of aliphatic hydroxyl groups is 3. The van der Waals surface area contributed by atoms with Crippen molar-refractivity contribution in [1.82, 2.24) is 19.6 Å². The SMILES string of the molecule is CC1=C(O)C2CCC(C2)C1=O.CC1=C(O)CC(C)(C)CC1=O.CC1=C(O)CCCC1=O.Cc1[nH]n(C)c(=O)c1C.Cc1c[nH]n(C)c1=O. The predicted molar refractivity (Wildman–Crippen MR) is 185 cm³/mol. The number of hydrogen-bond donors (Lipinski definition) is 5. The summed E-state index contributed by atoms with van der Waals surface area (Å²) in [6, 6.07) is 0. The molecule has 0 aromatic carbocycles. The lowest BCUT2D eigenvalue weighted by Gasteiger charge is -2.28. The molecule has 12 nitrogen and oxygen atoms in total. The average molecular weight is 671 g/mol. The Morgan fingerprint density at radius 3 is 1.71 bits per heavy atom. The molecule has 0 spiro atoms. The van der Waals surface area contributed by atoms with Crippen LogP contribution < -0.4 is 11.1 Å². The molecule has 5 N–H and O–H groups in total. The molecule has 2 bridgehead atoms. The fourth-order valence-electron chi connectivity index (χ4n) is 5.91. The van der Waals surface area contributed by atoms with E-state index in [1.165, 1.54) is 9.36 Å². The van der Waals surface area contributed by atoms with E-state index in [0.29, 0.717) is 54.1 Å². The number of aliphatic hydroxyl groups excluding tert-OH is 3. The summed E-state index contributed by atoms with van der Waals surface area (Å²) in [5, 5.41) is 33.5. The highest BCUT2D eigenvalue weighted by atomic mass is 16.3. The van der Waals surface area contributed by atoms with Crippen molar-refractivity contribution in [3.05, 3.63) is 77.7 Å². The largest absolute Gasteiger partial charge is 0.512 e. The van der Waals surface area contributed by atoms with Gasteiger partial charge in [0.1, 0.15) is 5.76 Å². The molecule has 6 rings (SSSR count). The van der Waals surface area contributed by atoms with Crippen LogP contribution >= 0.6 is 0 Å². The number of aryl methyl sites for hydroxylation is 4. The van der Waals surface area contributed by atoms with Crippen molar-refractivity contribution < 1.29 is 29.7 Å². The van der Waals surface area contributed by atoms with Crippen LogP contribution in [0, 0.1) is 38.0 Å². The molecule has 0 aliphatic heterocycles. The van der Waals surface area contributed by atoms with Crippen molar-refractivity contribution in [2.24, 2.45) is 31.3 Å². The van der Waals surface area contributed by atoms with Crippen LogP contribution in [0.15, 0.2) is 49.8 Å². The van der Waals surface area contributed by atoms with Crippen molar-refractivity contribution in [2.75, 3.05) is 0 Å². The highest BCUT2D eigenvalue weighted by Gasteiger charge is 2.38. The molecule has 1 saturated carbocycles. The van der Waals surface area contributed by atoms with Gasteiger partial charge >= 0.3 is 0 Å². The Hall–Kier alpha value is -4.35. The maximum absolute atomic E-state index is 11.4. The third-order valence-electron chi connectivity index (χ3n) is 9.39. The third kappa shape index (κ3) is 10.3. The highest BCUT2D eigenvalue weighted by molar-refractivity contribution is 5.98. The minimum absolute atomic E-state index is 0.0463. The van der Waals surface area contributed by atoms with Crippen LogP contribution in [0.3, 0.4) is 0 Å². The van der Waals surface area contributed by atoms with E-state index < -0.39 is 0 Å². The van der Waals surface area contributed by atoms with E-state index in [-0.39, 0.29) is 51.3 Å². The number of rotatable bonds is 0. The zero-order valence-electron chi connectivity index (χ0n) is 30.2. The first-order chi connectivity index (χ1) is 22.2. The molecule has 2 heterocycles.